The summed E-state index contributed by atoms with van der Waals surface area (Å²) in [7, 11) is 1.42. The molecule has 1 saturated carbocycles. The SMILES string of the molecule is COc1ccc(/C=C/C(=O)N[C@@H]2CCC[C@H](C)[C@@H]2C)cc1F. The second kappa shape index (κ2) is 7.43. The Labute approximate surface area is 131 Å². The molecule has 0 bridgehead atoms. The zero-order valence-corrected chi connectivity index (χ0v) is 13.4. The Balaban J connectivity index is 1.95. The first-order chi connectivity index (χ1) is 10.5. The van der Waals surface area contributed by atoms with Crippen LogP contribution < -0.4 is 10.1 Å². The number of benzene rings is 1. The number of nitrogens with one attached hydrogen (secondary N) is 1. The molecule has 3 nitrogen and oxygen atoms in total. The molecule has 4 heteroatoms. The average molecular weight is 305 g/mol. The summed E-state index contributed by atoms with van der Waals surface area (Å²) < 4.78 is 18.5. The van der Waals surface area contributed by atoms with Crippen molar-refractivity contribution in [2.75, 3.05) is 7.11 Å². The van der Waals surface area contributed by atoms with Crippen molar-refractivity contribution in [1.82, 2.24) is 5.32 Å². The van der Waals surface area contributed by atoms with E-state index in [0.717, 1.165) is 12.8 Å². The molecule has 2 rings (SSSR count). The standard InChI is InChI=1S/C18H24FNO2/c1-12-5-4-6-16(13(12)2)20-18(21)10-8-14-7-9-17(22-3)15(19)11-14/h7-13,16H,4-6H2,1-3H3,(H,20,21)/b10-8+/t12-,13-,16+/m0/s1. The Morgan fingerprint density at radius 1 is 1.36 bits per heavy atom. The molecule has 1 N–H and O–H groups in total. The van der Waals surface area contributed by atoms with Gasteiger partial charge in [0.25, 0.3) is 0 Å². The van der Waals surface area contributed by atoms with Crippen LogP contribution in [0.5, 0.6) is 5.75 Å². The fraction of sp³-hybridized carbons (Fsp3) is 0.500. The first-order valence-corrected chi connectivity index (χ1v) is 7.83. The van der Waals surface area contributed by atoms with Gasteiger partial charge in [0.1, 0.15) is 0 Å². The quantitative estimate of drug-likeness (QED) is 0.860. The minimum atomic E-state index is -0.431. The summed E-state index contributed by atoms with van der Waals surface area (Å²) in [5.41, 5.74) is 0.638. The maximum atomic E-state index is 13.6. The van der Waals surface area contributed by atoms with Gasteiger partial charge in [0.2, 0.25) is 5.91 Å². The van der Waals surface area contributed by atoms with Crippen LogP contribution in [-0.4, -0.2) is 19.1 Å². The van der Waals surface area contributed by atoms with Crippen molar-refractivity contribution in [3.05, 3.63) is 35.7 Å². The highest BCUT2D eigenvalue weighted by Gasteiger charge is 2.27. The maximum absolute atomic E-state index is 13.6. The zero-order chi connectivity index (χ0) is 16.1. The molecule has 1 aliphatic rings. The molecule has 22 heavy (non-hydrogen) atoms. The van der Waals surface area contributed by atoms with Gasteiger partial charge in [-0.15, -0.1) is 0 Å². The fourth-order valence-corrected chi connectivity index (χ4v) is 2.97. The van der Waals surface area contributed by atoms with Crippen LogP contribution in [0, 0.1) is 17.7 Å². The summed E-state index contributed by atoms with van der Waals surface area (Å²) >= 11 is 0. The van der Waals surface area contributed by atoms with Crippen LogP contribution in [0.1, 0.15) is 38.7 Å². The lowest BCUT2D eigenvalue weighted by Gasteiger charge is -2.34. The molecular formula is C18H24FNO2. The summed E-state index contributed by atoms with van der Waals surface area (Å²) in [6.07, 6.45) is 6.50. The van der Waals surface area contributed by atoms with E-state index in [1.807, 2.05) is 0 Å². The minimum Gasteiger partial charge on any atom is -0.494 e. The van der Waals surface area contributed by atoms with Crippen LogP contribution in [0.15, 0.2) is 24.3 Å². The summed E-state index contributed by atoms with van der Waals surface area (Å²) in [5, 5.41) is 3.06. The van der Waals surface area contributed by atoms with E-state index < -0.39 is 5.82 Å². The van der Waals surface area contributed by atoms with E-state index in [1.54, 1.807) is 18.2 Å². The second-order valence-electron chi connectivity index (χ2n) is 6.11. The molecule has 0 aromatic heterocycles. The summed E-state index contributed by atoms with van der Waals surface area (Å²) in [6.45, 7) is 4.43. The van der Waals surface area contributed by atoms with Gasteiger partial charge in [0, 0.05) is 12.1 Å². The monoisotopic (exact) mass is 305 g/mol. The number of ether oxygens (including phenoxy) is 1. The molecule has 1 fully saturated rings. The van der Waals surface area contributed by atoms with Gasteiger partial charge in [-0.3, -0.25) is 4.79 Å². The van der Waals surface area contributed by atoms with Crippen molar-refractivity contribution >= 4 is 12.0 Å². The van der Waals surface area contributed by atoms with Gasteiger partial charge in [-0.25, -0.2) is 4.39 Å². The van der Waals surface area contributed by atoms with Crippen molar-refractivity contribution in [3.8, 4) is 5.75 Å². The molecule has 3 atom stereocenters. The number of methoxy groups -OCH3 is 1. The first-order valence-electron chi connectivity index (χ1n) is 7.83. The van der Waals surface area contributed by atoms with Gasteiger partial charge in [-0.1, -0.05) is 32.8 Å². The largest absolute Gasteiger partial charge is 0.494 e. The summed E-state index contributed by atoms with van der Waals surface area (Å²) in [4.78, 5) is 12.0. The lowest BCUT2D eigenvalue weighted by Crippen LogP contribution is -2.43. The van der Waals surface area contributed by atoms with Crippen LogP contribution >= 0.6 is 0 Å². The number of hydrogen-bond acceptors (Lipinski definition) is 2. The number of amides is 1. The lowest BCUT2D eigenvalue weighted by molar-refractivity contribution is -0.117. The molecule has 1 aliphatic carbocycles. The number of rotatable bonds is 4. The molecular weight excluding hydrogens is 281 g/mol. The van der Waals surface area contributed by atoms with Crippen LogP contribution in [0.3, 0.4) is 0 Å². The molecule has 1 aromatic carbocycles. The van der Waals surface area contributed by atoms with E-state index in [2.05, 4.69) is 19.2 Å². The van der Waals surface area contributed by atoms with Crippen LogP contribution in [0.25, 0.3) is 6.08 Å². The molecule has 1 aromatic rings. The van der Waals surface area contributed by atoms with Crippen molar-refractivity contribution in [2.24, 2.45) is 11.8 Å². The molecule has 0 heterocycles. The fourth-order valence-electron chi connectivity index (χ4n) is 2.97. The number of carbonyl (C=O) groups is 1. The van der Waals surface area contributed by atoms with Crippen molar-refractivity contribution in [2.45, 2.75) is 39.2 Å². The van der Waals surface area contributed by atoms with Crippen molar-refractivity contribution < 1.29 is 13.9 Å². The van der Waals surface area contributed by atoms with Gasteiger partial charge in [0.15, 0.2) is 11.6 Å². The Kier molecular flexibility index (Phi) is 5.58. The maximum Gasteiger partial charge on any atom is 0.244 e. The molecule has 0 unspecified atom stereocenters. The Hall–Kier alpha value is -1.84. The van der Waals surface area contributed by atoms with Gasteiger partial charge in [-0.2, -0.15) is 0 Å². The average Bonchev–Trinajstić information content (AvgIpc) is 2.50. The highest BCUT2D eigenvalue weighted by Crippen LogP contribution is 2.29. The zero-order valence-electron chi connectivity index (χ0n) is 13.4. The predicted molar refractivity (Wildman–Crippen MR) is 86.1 cm³/mol. The van der Waals surface area contributed by atoms with E-state index >= 15 is 0 Å². The predicted octanol–water partition coefficient (Wildman–Crippen LogP) is 3.79. The number of halogens is 1. The Bertz CT molecular complexity index is 556. The smallest absolute Gasteiger partial charge is 0.244 e. The second-order valence-corrected chi connectivity index (χ2v) is 6.11. The highest BCUT2D eigenvalue weighted by atomic mass is 19.1. The first kappa shape index (κ1) is 16.5. The Morgan fingerprint density at radius 3 is 2.82 bits per heavy atom. The molecule has 120 valence electrons. The lowest BCUT2D eigenvalue weighted by atomic mass is 9.78. The normalized spacial score (nSPS) is 25.2. The third-order valence-electron chi connectivity index (χ3n) is 4.64. The van der Waals surface area contributed by atoms with Crippen molar-refractivity contribution in [1.29, 1.82) is 0 Å². The third-order valence-corrected chi connectivity index (χ3v) is 4.64. The van der Waals surface area contributed by atoms with E-state index in [1.165, 1.54) is 25.7 Å². The molecule has 1 amide bonds. The van der Waals surface area contributed by atoms with Crippen LogP contribution in [0.4, 0.5) is 4.39 Å². The molecule has 0 saturated heterocycles. The minimum absolute atomic E-state index is 0.123. The van der Waals surface area contributed by atoms with E-state index in [-0.39, 0.29) is 17.7 Å². The summed E-state index contributed by atoms with van der Waals surface area (Å²) in [5.74, 6) is 0.775. The van der Waals surface area contributed by atoms with E-state index in [4.69, 9.17) is 4.74 Å². The van der Waals surface area contributed by atoms with Gasteiger partial charge in [0.05, 0.1) is 7.11 Å². The van der Waals surface area contributed by atoms with Gasteiger partial charge in [-0.05, 0) is 42.0 Å². The van der Waals surface area contributed by atoms with E-state index in [0.29, 0.717) is 17.4 Å². The van der Waals surface area contributed by atoms with Gasteiger partial charge >= 0.3 is 0 Å². The topological polar surface area (TPSA) is 38.3 Å². The van der Waals surface area contributed by atoms with Crippen LogP contribution in [0.2, 0.25) is 0 Å². The third kappa shape index (κ3) is 4.09. The highest BCUT2D eigenvalue weighted by molar-refractivity contribution is 5.91. The number of hydrogen-bond donors (Lipinski definition) is 1. The van der Waals surface area contributed by atoms with Crippen molar-refractivity contribution in [3.63, 3.8) is 0 Å². The summed E-state index contributed by atoms with van der Waals surface area (Å²) in [6, 6.07) is 4.86. The molecule has 0 spiro atoms. The number of carbonyl (C=O) groups excluding carboxylic acids is 1. The Morgan fingerprint density at radius 2 is 2.14 bits per heavy atom. The molecule has 0 aliphatic heterocycles. The molecule has 0 radical (unpaired) electrons. The van der Waals surface area contributed by atoms with Gasteiger partial charge < -0.3 is 10.1 Å². The van der Waals surface area contributed by atoms with Crippen LogP contribution in [-0.2, 0) is 4.79 Å². The van der Waals surface area contributed by atoms with E-state index in [9.17, 15) is 9.18 Å².